The molecular formula is C30H52O2. The monoisotopic (exact) mass is 444 g/mol. The molecule has 3 saturated carbocycles. The van der Waals surface area contributed by atoms with Crippen LogP contribution in [0.5, 0.6) is 0 Å². The van der Waals surface area contributed by atoms with Gasteiger partial charge < -0.3 is 10.2 Å². The van der Waals surface area contributed by atoms with Crippen molar-refractivity contribution >= 4 is 0 Å². The van der Waals surface area contributed by atoms with E-state index in [9.17, 15) is 10.2 Å². The quantitative estimate of drug-likeness (QED) is 0.339. The summed E-state index contributed by atoms with van der Waals surface area (Å²) in [5, 5.41) is 21.7. The second kappa shape index (κ2) is 9.37. The number of hydrogen-bond donors (Lipinski definition) is 2. The first-order valence-corrected chi connectivity index (χ1v) is 14.2. The molecule has 0 aromatic heterocycles. The molecule has 184 valence electrons. The maximum Gasteiger partial charge on any atom is 0.0656 e. The second-order valence-corrected chi connectivity index (χ2v) is 13.5. The van der Waals surface area contributed by atoms with Gasteiger partial charge in [0.15, 0.2) is 0 Å². The molecule has 2 N–H and O–H groups in total. The second-order valence-electron chi connectivity index (χ2n) is 13.5. The van der Waals surface area contributed by atoms with Gasteiger partial charge in [0.2, 0.25) is 0 Å². The van der Waals surface area contributed by atoms with E-state index in [0.29, 0.717) is 11.3 Å². The molecule has 8 atom stereocenters. The van der Waals surface area contributed by atoms with Crippen LogP contribution in [-0.2, 0) is 0 Å². The summed E-state index contributed by atoms with van der Waals surface area (Å²) >= 11 is 0. The van der Waals surface area contributed by atoms with Gasteiger partial charge in [-0.3, -0.25) is 0 Å². The van der Waals surface area contributed by atoms with E-state index in [2.05, 4.69) is 40.7 Å². The van der Waals surface area contributed by atoms with Gasteiger partial charge in [-0.2, -0.15) is 0 Å². The highest BCUT2D eigenvalue weighted by molar-refractivity contribution is 5.16. The van der Waals surface area contributed by atoms with Crippen molar-refractivity contribution in [3.05, 3.63) is 11.6 Å². The lowest BCUT2D eigenvalue weighted by Crippen LogP contribution is -2.44. The Balaban J connectivity index is 1.36. The molecule has 2 heteroatoms. The van der Waals surface area contributed by atoms with Crippen LogP contribution in [0.15, 0.2) is 11.6 Å². The fourth-order valence-corrected chi connectivity index (χ4v) is 8.58. The summed E-state index contributed by atoms with van der Waals surface area (Å²) in [6.45, 7) is 11.5. The summed E-state index contributed by atoms with van der Waals surface area (Å²) in [7, 11) is 0. The van der Waals surface area contributed by atoms with Crippen LogP contribution in [0.4, 0.5) is 0 Å². The summed E-state index contributed by atoms with van der Waals surface area (Å²) in [4.78, 5) is 0. The average molecular weight is 445 g/mol. The highest BCUT2D eigenvalue weighted by atomic mass is 16.3. The van der Waals surface area contributed by atoms with Crippen molar-refractivity contribution in [3.63, 3.8) is 0 Å². The zero-order valence-electron chi connectivity index (χ0n) is 21.8. The highest BCUT2D eigenvalue weighted by Gasteiger charge is 2.55. The summed E-state index contributed by atoms with van der Waals surface area (Å²) in [6, 6.07) is 0. The predicted molar refractivity (Wildman–Crippen MR) is 134 cm³/mol. The zero-order valence-corrected chi connectivity index (χ0v) is 21.8. The Morgan fingerprint density at radius 2 is 1.84 bits per heavy atom. The molecule has 0 unspecified atom stereocenters. The minimum Gasteiger partial charge on any atom is -0.390 e. The van der Waals surface area contributed by atoms with Crippen molar-refractivity contribution in [1.82, 2.24) is 0 Å². The predicted octanol–water partition coefficient (Wildman–Crippen LogP) is 7.67. The summed E-state index contributed by atoms with van der Waals surface area (Å²) in [6.07, 6.45) is 19.4. The first-order chi connectivity index (χ1) is 15.1. The third-order valence-electron chi connectivity index (χ3n) is 10.8. The van der Waals surface area contributed by atoms with Gasteiger partial charge in [0.05, 0.1) is 11.2 Å². The smallest absolute Gasteiger partial charge is 0.0656 e. The fourth-order valence-electron chi connectivity index (χ4n) is 8.58. The normalized spacial score (nSPS) is 39.4. The Kier molecular flexibility index (Phi) is 7.25. The molecule has 0 amide bonds. The maximum atomic E-state index is 10.9. The lowest BCUT2D eigenvalue weighted by Gasteiger charge is -2.51. The van der Waals surface area contributed by atoms with E-state index < -0.39 is 11.2 Å². The molecule has 3 fully saturated rings. The topological polar surface area (TPSA) is 40.5 Å². The van der Waals surface area contributed by atoms with Crippen LogP contribution in [0.2, 0.25) is 0 Å². The molecule has 4 rings (SSSR count). The fraction of sp³-hybridized carbons (Fsp3) is 0.933. The Hall–Kier alpha value is -0.340. The van der Waals surface area contributed by atoms with Crippen LogP contribution in [-0.4, -0.2) is 21.4 Å². The molecular weight excluding hydrogens is 392 g/mol. The van der Waals surface area contributed by atoms with Crippen molar-refractivity contribution in [2.75, 3.05) is 0 Å². The van der Waals surface area contributed by atoms with Gasteiger partial charge >= 0.3 is 0 Å². The Bertz CT molecular complexity index is 672. The lowest BCUT2D eigenvalue weighted by atomic mass is 9.54. The van der Waals surface area contributed by atoms with Gasteiger partial charge in [-0.25, -0.2) is 0 Å². The van der Waals surface area contributed by atoms with Crippen molar-refractivity contribution in [1.29, 1.82) is 0 Å². The van der Waals surface area contributed by atoms with Crippen molar-refractivity contribution in [3.8, 4) is 0 Å². The van der Waals surface area contributed by atoms with Crippen LogP contribution in [0.3, 0.4) is 0 Å². The zero-order chi connectivity index (χ0) is 23.1. The number of fused-ring (bicyclic) bond motifs is 3. The van der Waals surface area contributed by atoms with Crippen molar-refractivity contribution < 1.29 is 10.2 Å². The number of rotatable bonds is 10. The van der Waals surface area contributed by atoms with Gasteiger partial charge in [0, 0.05) is 0 Å². The van der Waals surface area contributed by atoms with E-state index in [1.807, 2.05) is 0 Å². The minimum absolute atomic E-state index is 0.423. The third kappa shape index (κ3) is 5.17. The van der Waals surface area contributed by atoms with E-state index in [1.165, 1.54) is 57.8 Å². The summed E-state index contributed by atoms with van der Waals surface area (Å²) in [5.41, 5.74) is 1.10. The number of hydrogen-bond acceptors (Lipinski definition) is 2. The van der Waals surface area contributed by atoms with Gasteiger partial charge in [0.1, 0.15) is 0 Å². The Morgan fingerprint density at radius 1 is 1.09 bits per heavy atom. The molecule has 0 bridgehead atoms. The standard InChI is InChI=1S/C30H52O2/c1-6-7-16-28(3,31)20-22-8-11-25-23(19-22)15-17-29(4)26(12-13-27(25)29)21(2)14-18-30(5,32)24-9-10-24/h8,21,23-27,31-32H,6-7,9-20H2,1-5H3/t21-,23-,25-,26-,27+,28+,29-,30+/m1/s1. The molecule has 0 saturated heterocycles. The van der Waals surface area contributed by atoms with Crippen LogP contribution in [0.25, 0.3) is 0 Å². The van der Waals surface area contributed by atoms with E-state index >= 15 is 0 Å². The Morgan fingerprint density at radius 3 is 2.53 bits per heavy atom. The highest BCUT2D eigenvalue weighted by Crippen LogP contribution is 2.63. The third-order valence-corrected chi connectivity index (χ3v) is 10.8. The molecule has 0 aromatic rings. The van der Waals surface area contributed by atoms with E-state index in [0.717, 1.165) is 61.7 Å². The molecule has 32 heavy (non-hydrogen) atoms. The minimum atomic E-state index is -0.520. The largest absolute Gasteiger partial charge is 0.390 e. The first kappa shape index (κ1) is 24.8. The van der Waals surface area contributed by atoms with Crippen molar-refractivity contribution in [2.24, 2.45) is 40.9 Å². The Labute approximate surface area is 198 Å². The van der Waals surface area contributed by atoms with Gasteiger partial charge in [-0.05, 0) is 132 Å². The molecule has 4 aliphatic carbocycles. The molecule has 0 heterocycles. The number of unbranched alkanes of at least 4 members (excludes halogenated alkanes) is 1. The van der Waals surface area contributed by atoms with Crippen LogP contribution >= 0.6 is 0 Å². The van der Waals surface area contributed by atoms with E-state index in [4.69, 9.17) is 0 Å². The maximum absolute atomic E-state index is 10.9. The SMILES string of the molecule is CCCC[C@](C)(O)CC1=CC[C@@H]2[C@H](CC[C@]3(C)[C@@H]([C@H](C)CC[C@](C)(O)C4CC4)CC[C@@H]23)C1. The van der Waals surface area contributed by atoms with Gasteiger partial charge in [-0.15, -0.1) is 0 Å². The van der Waals surface area contributed by atoms with Crippen LogP contribution in [0, 0.1) is 40.9 Å². The average Bonchev–Trinajstić information content (AvgIpc) is 3.53. The molecule has 0 spiro atoms. The van der Waals surface area contributed by atoms with Crippen molar-refractivity contribution in [2.45, 2.75) is 136 Å². The van der Waals surface area contributed by atoms with E-state index in [-0.39, 0.29) is 0 Å². The van der Waals surface area contributed by atoms with E-state index in [1.54, 1.807) is 5.57 Å². The first-order valence-electron chi connectivity index (χ1n) is 14.2. The molecule has 0 radical (unpaired) electrons. The summed E-state index contributed by atoms with van der Waals surface area (Å²) in [5.74, 6) is 4.74. The summed E-state index contributed by atoms with van der Waals surface area (Å²) < 4.78 is 0. The van der Waals surface area contributed by atoms with Crippen LogP contribution in [0.1, 0.15) is 125 Å². The number of allylic oxidation sites excluding steroid dienone is 1. The molecule has 4 aliphatic rings. The van der Waals surface area contributed by atoms with Gasteiger partial charge in [-0.1, -0.05) is 45.3 Å². The molecule has 2 nitrogen and oxygen atoms in total. The lowest BCUT2D eigenvalue weighted by molar-refractivity contribution is -0.0175. The molecule has 0 aromatic carbocycles. The van der Waals surface area contributed by atoms with Gasteiger partial charge in [0.25, 0.3) is 0 Å². The molecule has 0 aliphatic heterocycles. The number of aliphatic hydroxyl groups is 2. The van der Waals surface area contributed by atoms with Crippen LogP contribution < -0.4 is 0 Å².